The summed E-state index contributed by atoms with van der Waals surface area (Å²) in [6, 6.07) is -0.0536. The minimum absolute atomic E-state index is 0.0497. The number of hydrogen-bond acceptors (Lipinski definition) is 5. The Hall–Kier alpha value is -1.89. The van der Waals surface area contributed by atoms with Crippen LogP contribution in [0, 0.1) is 68.0 Å². The molecule has 6 aliphatic carbocycles. The molecule has 6 aliphatic rings. The molecule has 0 bridgehead atoms. The van der Waals surface area contributed by atoms with Crippen LogP contribution in [-0.4, -0.2) is 48.7 Å². The number of aliphatic hydroxyl groups excluding tert-OH is 1. The number of methoxy groups -OCH3 is 1. The van der Waals surface area contributed by atoms with Gasteiger partial charge in [-0.05, 0) is 134 Å². The molecule has 0 saturated heterocycles. The van der Waals surface area contributed by atoms with Crippen LogP contribution in [0.25, 0.3) is 0 Å². The highest BCUT2D eigenvalue weighted by Gasteiger charge is 2.72. The first kappa shape index (κ1) is 35.9. The van der Waals surface area contributed by atoms with Crippen LogP contribution in [0.5, 0.6) is 0 Å². The fourth-order valence-electron chi connectivity index (χ4n) is 14.0. The normalized spacial score (nSPS) is 46.8. The minimum Gasteiger partial charge on any atom is -0.469 e. The number of nitrogens with one attached hydrogen (secondary N) is 2. The third-order valence-electron chi connectivity index (χ3n) is 17.2. The molecule has 0 aromatic rings. The van der Waals surface area contributed by atoms with Gasteiger partial charge in [0.1, 0.15) is 0 Å². The monoisotopic (exact) mass is 666 g/mol. The second-order valence-electron chi connectivity index (χ2n) is 19.5. The Morgan fingerprint density at radius 1 is 0.833 bits per heavy atom. The first-order valence-corrected chi connectivity index (χ1v) is 19.3. The van der Waals surface area contributed by atoms with E-state index in [0.717, 1.165) is 38.5 Å². The van der Waals surface area contributed by atoms with Crippen molar-refractivity contribution in [3.63, 3.8) is 0 Å². The molecule has 270 valence electrons. The number of esters is 1. The number of fused-ring (bicyclic) bond motifs is 7. The molecule has 0 aromatic carbocycles. The summed E-state index contributed by atoms with van der Waals surface area (Å²) in [5.74, 6) is 1.94. The third kappa shape index (κ3) is 4.92. The Balaban J connectivity index is 1.23. The molecule has 0 aromatic heterocycles. The van der Waals surface area contributed by atoms with Crippen molar-refractivity contribution in [2.45, 2.75) is 145 Å². The van der Waals surface area contributed by atoms with Crippen molar-refractivity contribution in [3.8, 4) is 0 Å². The SMILES string of the molecule is C=C(C)[C@@H]1CC[C@]2(C(=O)N[C@@H]3C[C@H](C(=O)NCCC(=O)OC)C3(C)C)CC[C@]3(C)[C@H](CC[C@@H]4[C@@]5(C)CC[C@H](O)C(C)(C)[C@@H]5CC[C@]43C)[C@@H]12. The highest BCUT2D eigenvalue weighted by atomic mass is 16.5. The summed E-state index contributed by atoms with van der Waals surface area (Å²) < 4.78 is 4.70. The number of carbonyl (C=O) groups excluding carboxylic acids is 3. The molecule has 6 fully saturated rings. The summed E-state index contributed by atoms with van der Waals surface area (Å²) in [7, 11) is 1.35. The predicted molar refractivity (Wildman–Crippen MR) is 188 cm³/mol. The molecule has 3 N–H and O–H groups in total. The molecule has 0 unspecified atom stereocenters. The van der Waals surface area contributed by atoms with Crippen LogP contribution in [0.4, 0.5) is 0 Å². The molecule has 2 amide bonds. The van der Waals surface area contributed by atoms with Crippen molar-refractivity contribution in [2.24, 2.45) is 68.0 Å². The lowest BCUT2D eigenvalue weighted by Gasteiger charge is -2.72. The maximum Gasteiger partial charge on any atom is 0.307 e. The van der Waals surface area contributed by atoms with E-state index in [9.17, 15) is 19.5 Å². The molecule has 12 atom stereocenters. The van der Waals surface area contributed by atoms with Gasteiger partial charge in [0, 0.05) is 18.5 Å². The Morgan fingerprint density at radius 3 is 2.19 bits per heavy atom. The van der Waals surface area contributed by atoms with E-state index in [1.807, 2.05) is 0 Å². The van der Waals surface area contributed by atoms with E-state index >= 15 is 0 Å². The zero-order valence-electron chi connectivity index (χ0n) is 31.6. The summed E-state index contributed by atoms with van der Waals surface area (Å²) in [6.45, 7) is 23.6. The van der Waals surface area contributed by atoms with Gasteiger partial charge in [0.2, 0.25) is 11.8 Å². The predicted octanol–water partition coefficient (Wildman–Crippen LogP) is 7.22. The molecular weight excluding hydrogens is 600 g/mol. The molecule has 0 heterocycles. The van der Waals surface area contributed by atoms with Crippen LogP contribution in [0.2, 0.25) is 0 Å². The summed E-state index contributed by atoms with van der Waals surface area (Å²) in [6.07, 6.45) is 11.4. The fourth-order valence-corrected chi connectivity index (χ4v) is 14.0. The minimum atomic E-state index is -0.390. The van der Waals surface area contributed by atoms with Gasteiger partial charge >= 0.3 is 5.97 Å². The van der Waals surface area contributed by atoms with Gasteiger partial charge in [0.25, 0.3) is 0 Å². The molecule has 7 nitrogen and oxygen atoms in total. The van der Waals surface area contributed by atoms with Crippen molar-refractivity contribution >= 4 is 17.8 Å². The maximum absolute atomic E-state index is 14.8. The molecular formula is C41H66N2O5. The smallest absolute Gasteiger partial charge is 0.307 e. The average Bonchev–Trinajstić information content (AvgIpc) is 3.42. The van der Waals surface area contributed by atoms with E-state index in [1.54, 1.807) is 0 Å². The first-order chi connectivity index (χ1) is 22.3. The topological polar surface area (TPSA) is 105 Å². The second kappa shape index (κ2) is 11.8. The largest absolute Gasteiger partial charge is 0.469 e. The van der Waals surface area contributed by atoms with Crippen LogP contribution < -0.4 is 10.6 Å². The van der Waals surface area contributed by atoms with Gasteiger partial charge in [0.15, 0.2) is 0 Å². The summed E-state index contributed by atoms with van der Waals surface area (Å²) in [5.41, 5.74) is 1.01. The van der Waals surface area contributed by atoms with Gasteiger partial charge in [-0.3, -0.25) is 14.4 Å². The number of rotatable bonds is 7. The lowest BCUT2D eigenvalue weighted by Crippen LogP contribution is -2.68. The summed E-state index contributed by atoms with van der Waals surface area (Å²) in [5, 5.41) is 17.6. The Bertz CT molecular complexity index is 1340. The van der Waals surface area contributed by atoms with Crippen molar-refractivity contribution < 1.29 is 24.2 Å². The zero-order valence-corrected chi connectivity index (χ0v) is 31.6. The Morgan fingerprint density at radius 2 is 1.54 bits per heavy atom. The number of aliphatic hydroxyl groups is 1. The van der Waals surface area contributed by atoms with E-state index < -0.39 is 0 Å². The maximum atomic E-state index is 14.8. The second-order valence-corrected chi connectivity index (χ2v) is 19.5. The zero-order chi connectivity index (χ0) is 35.2. The van der Waals surface area contributed by atoms with E-state index in [0.29, 0.717) is 36.0 Å². The lowest BCUT2D eigenvalue weighted by atomic mass is 9.32. The van der Waals surface area contributed by atoms with Gasteiger partial charge in [-0.15, -0.1) is 0 Å². The molecule has 0 aliphatic heterocycles. The summed E-state index contributed by atoms with van der Waals surface area (Å²) in [4.78, 5) is 39.3. The van der Waals surface area contributed by atoms with Gasteiger partial charge in [-0.1, -0.05) is 60.6 Å². The standard InChI is InChI=1S/C41H66N2O5/c1-24(2)25-13-19-41(35(47)43-30-23-27(36(30,3)4)34(46)42-22-16-32(45)48-10)21-20-39(8)26(33(25)41)11-12-29-38(7)17-15-31(44)37(5,6)28(38)14-18-40(29,39)9/h25-31,33,44H,1,11-23H2,2-10H3,(H,42,46)(H,43,47)/t25-,26+,27+,28-,29+,30+,31-,33+,38-,39+,40+,41-/m0/s1. The third-order valence-corrected chi connectivity index (χ3v) is 17.2. The number of ether oxygens (including phenoxy) is 1. The quantitative estimate of drug-likeness (QED) is 0.197. The number of carbonyl (C=O) groups is 3. The fraction of sp³-hybridized carbons (Fsp3) is 0.878. The summed E-state index contributed by atoms with van der Waals surface area (Å²) >= 11 is 0. The van der Waals surface area contributed by atoms with E-state index in [1.165, 1.54) is 38.4 Å². The molecule has 7 heteroatoms. The molecule has 0 radical (unpaired) electrons. The van der Waals surface area contributed by atoms with Crippen LogP contribution in [-0.2, 0) is 19.1 Å². The molecule has 6 rings (SSSR count). The van der Waals surface area contributed by atoms with Crippen LogP contribution in [0.3, 0.4) is 0 Å². The van der Waals surface area contributed by atoms with Crippen LogP contribution in [0.1, 0.15) is 132 Å². The van der Waals surface area contributed by atoms with E-state index in [4.69, 9.17) is 4.74 Å². The van der Waals surface area contributed by atoms with Crippen LogP contribution >= 0.6 is 0 Å². The van der Waals surface area contributed by atoms with Crippen LogP contribution in [0.15, 0.2) is 12.2 Å². The molecule has 48 heavy (non-hydrogen) atoms. The Labute approximate surface area is 290 Å². The van der Waals surface area contributed by atoms with Gasteiger partial charge in [0.05, 0.1) is 25.0 Å². The Kier molecular flexibility index (Phi) is 8.86. The highest BCUT2D eigenvalue weighted by molar-refractivity contribution is 5.86. The van der Waals surface area contributed by atoms with Gasteiger partial charge in [-0.25, -0.2) is 0 Å². The first-order valence-electron chi connectivity index (χ1n) is 19.3. The van der Waals surface area contributed by atoms with Crippen molar-refractivity contribution in [1.29, 1.82) is 0 Å². The number of amides is 2. The lowest BCUT2D eigenvalue weighted by molar-refractivity contribution is -0.246. The van der Waals surface area contributed by atoms with Crippen molar-refractivity contribution in [2.75, 3.05) is 13.7 Å². The van der Waals surface area contributed by atoms with E-state index in [-0.39, 0.29) is 81.3 Å². The number of allylic oxidation sites excluding steroid dienone is 1. The highest BCUT2D eigenvalue weighted by Crippen LogP contribution is 2.77. The van der Waals surface area contributed by atoms with Gasteiger partial charge < -0.3 is 20.5 Å². The van der Waals surface area contributed by atoms with Gasteiger partial charge in [-0.2, -0.15) is 0 Å². The van der Waals surface area contributed by atoms with Crippen molar-refractivity contribution in [3.05, 3.63) is 12.2 Å². The average molecular weight is 667 g/mol. The molecule has 0 spiro atoms. The van der Waals surface area contributed by atoms with Crippen molar-refractivity contribution in [1.82, 2.24) is 10.6 Å². The number of hydrogen-bond donors (Lipinski definition) is 3. The van der Waals surface area contributed by atoms with E-state index in [2.05, 4.69) is 72.6 Å². The molecule has 6 saturated carbocycles.